The van der Waals surface area contributed by atoms with Crippen molar-refractivity contribution in [1.29, 1.82) is 0 Å². The average molecular weight is 364 g/mol. The van der Waals surface area contributed by atoms with Gasteiger partial charge in [0, 0.05) is 48.4 Å². The van der Waals surface area contributed by atoms with Crippen molar-refractivity contribution < 1.29 is 9.59 Å². The number of nitrogens with zero attached hydrogens (tertiary/aromatic N) is 1. The van der Waals surface area contributed by atoms with E-state index in [0.717, 1.165) is 31.6 Å². The normalized spacial score (nSPS) is 39.8. The van der Waals surface area contributed by atoms with E-state index >= 15 is 0 Å². The fourth-order valence-corrected chi connectivity index (χ4v) is 7.68. The topological polar surface area (TPSA) is 63.4 Å². The van der Waals surface area contributed by atoms with Gasteiger partial charge in [0.05, 0.1) is 0 Å². The van der Waals surface area contributed by atoms with Crippen LogP contribution in [0, 0.1) is 17.3 Å². The van der Waals surface area contributed by atoms with Crippen LogP contribution in [0.1, 0.15) is 66.4 Å². The quantitative estimate of drug-likeness (QED) is 0.897. The van der Waals surface area contributed by atoms with Gasteiger partial charge in [0.1, 0.15) is 5.78 Å². The van der Waals surface area contributed by atoms with Crippen LogP contribution in [-0.4, -0.2) is 35.7 Å². The second-order valence-corrected chi connectivity index (χ2v) is 10.1. The number of carbonyl (C=O) groups excluding carboxylic acids is 2. The van der Waals surface area contributed by atoms with Gasteiger partial charge in [0.2, 0.25) is 5.91 Å². The van der Waals surface area contributed by atoms with Gasteiger partial charge in [-0.25, -0.2) is 0 Å². The molecule has 142 valence electrons. The first-order valence-corrected chi connectivity index (χ1v) is 10.7. The molecular weight excluding hydrogens is 336 g/mol. The van der Waals surface area contributed by atoms with E-state index in [9.17, 15) is 9.59 Å². The molecule has 2 unspecified atom stereocenters. The van der Waals surface area contributed by atoms with Crippen LogP contribution in [0.15, 0.2) is 18.2 Å². The van der Waals surface area contributed by atoms with Gasteiger partial charge >= 0.3 is 0 Å². The summed E-state index contributed by atoms with van der Waals surface area (Å²) in [6.07, 6.45) is 8.87. The second kappa shape index (κ2) is 5.22. The SMILES string of the molecule is NC(=O)c1ccc2c(c1)C13CC(=O)CC[C@H]1[C@@H]1N(CC4CCC4)CC1(C2)C3. The Labute approximate surface area is 160 Å². The van der Waals surface area contributed by atoms with Crippen molar-refractivity contribution in [3.05, 3.63) is 34.9 Å². The van der Waals surface area contributed by atoms with Gasteiger partial charge in [-0.3, -0.25) is 14.5 Å². The Bertz CT molecular complexity index is 860. The molecule has 0 radical (unpaired) electrons. The van der Waals surface area contributed by atoms with E-state index in [1.807, 2.05) is 12.1 Å². The second-order valence-electron chi connectivity index (χ2n) is 10.1. The molecule has 4 atom stereocenters. The smallest absolute Gasteiger partial charge is 0.248 e. The van der Waals surface area contributed by atoms with Crippen molar-refractivity contribution >= 4 is 11.7 Å². The number of rotatable bonds is 3. The molecule has 4 aliphatic carbocycles. The maximum absolute atomic E-state index is 12.6. The molecule has 6 rings (SSSR count). The summed E-state index contributed by atoms with van der Waals surface area (Å²) in [5, 5.41) is 0. The molecule has 1 amide bonds. The highest BCUT2D eigenvalue weighted by atomic mass is 16.1. The van der Waals surface area contributed by atoms with Crippen LogP contribution in [0.3, 0.4) is 0 Å². The minimum Gasteiger partial charge on any atom is -0.366 e. The maximum Gasteiger partial charge on any atom is 0.248 e. The van der Waals surface area contributed by atoms with E-state index in [1.165, 1.54) is 43.5 Å². The minimum absolute atomic E-state index is 0.0482. The Morgan fingerprint density at radius 3 is 2.81 bits per heavy atom. The van der Waals surface area contributed by atoms with Crippen molar-refractivity contribution in [2.45, 2.75) is 62.8 Å². The highest BCUT2D eigenvalue weighted by Crippen LogP contribution is 2.69. The molecule has 1 aromatic carbocycles. The molecule has 1 heterocycles. The van der Waals surface area contributed by atoms with Crippen molar-refractivity contribution in [3.8, 4) is 0 Å². The molecule has 2 spiro atoms. The van der Waals surface area contributed by atoms with E-state index in [-0.39, 0.29) is 11.3 Å². The van der Waals surface area contributed by atoms with Gasteiger partial charge in [0.15, 0.2) is 0 Å². The zero-order chi connectivity index (χ0) is 18.4. The van der Waals surface area contributed by atoms with Crippen LogP contribution >= 0.6 is 0 Å². The molecule has 2 bridgehead atoms. The average Bonchev–Trinajstić information content (AvgIpc) is 2.76. The Morgan fingerprint density at radius 2 is 2.07 bits per heavy atom. The van der Waals surface area contributed by atoms with Gasteiger partial charge in [0.25, 0.3) is 0 Å². The highest BCUT2D eigenvalue weighted by molar-refractivity contribution is 5.93. The molecule has 4 heteroatoms. The van der Waals surface area contributed by atoms with Gasteiger partial charge in [-0.15, -0.1) is 0 Å². The number of benzene rings is 1. The molecule has 4 nitrogen and oxygen atoms in total. The summed E-state index contributed by atoms with van der Waals surface area (Å²) < 4.78 is 0. The van der Waals surface area contributed by atoms with Crippen molar-refractivity contribution in [3.63, 3.8) is 0 Å². The number of hydrogen-bond donors (Lipinski definition) is 1. The molecule has 4 fully saturated rings. The number of amides is 1. The largest absolute Gasteiger partial charge is 0.366 e. The van der Waals surface area contributed by atoms with E-state index in [0.29, 0.717) is 35.1 Å². The molecule has 1 aromatic rings. The first-order valence-electron chi connectivity index (χ1n) is 10.7. The van der Waals surface area contributed by atoms with E-state index < -0.39 is 0 Å². The monoisotopic (exact) mass is 364 g/mol. The lowest BCUT2D eigenvalue weighted by atomic mass is 9.59. The zero-order valence-electron chi connectivity index (χ0n) is 15.9. The fraction of sp³-hybridized carbons (Fsp3) is 0.652. The van der Waals surface area contributed by atoms with Crippen molar-refractivity contribution in [2.24, 2.45) is 23.0 Å². The molecule has 3 saturated carbocycles. The van der Waals surface area contributed by atoms with Gasteiger partial charge in [-0.2, -0.15) is 0 Å². The van der Waals surface area contributed by atoms with Crippen LogP contribution in [0.2, 0.25) is 0 Å². The van der Waals surface area contributed by atoms with Crippen LogP contribution in [0.4, 0.5) is 0 Å². The summed E-state index contributed by atoms with van der Waals surface area (Å²) in [5.74, 6) is 1.51. The van der Waals surface area contributed by atoms with Crippen molar-refractivity contribution in [1.82, 2.24) is 4.90 Å². The summed E-state index contributed by atoms with van der Waals surface area (Å²) in [4.78, 5) is 27.2. The van der Waals surface area contributed by atoms with E-state index in [1.54, 1.807) is 0 Å². The molecule has 1 saturated heterocycles. The van der Waals surface area contributed by atoms with Crippen LogP contribution in [-0.2, 0) is 16.6 Å². The lowest BCUT2D eigenvalue weighted by Crippen LogP contribution is -2.65. The number of nitrogens with two attached hydrogens (primary N) is 1. The Balaban J connectivity index is 1.44. The number of ketones is 1. The summed E-state index contributed by atoms with van der Waals surface area (Å²) >= 11 is 0. The number of likely N-dealkylation sites (tertiary alicyclic amines) is 1. The number of fused-ring (bicyclic) bond motifs is 2. The predicted molar refractivity (Wildman–Crippen MR) is 102 cm³/mol. The fourth-order valence-electron chi connectivity index (χ4n) is 7.68. The van der Waals surface area contributed by atoms with Crippen LogP contribution < -0.4 is 5.73 Å². The maximum atomic E-state index is 12.6. The lowest BCUT2D eigenvalue weighted by molar-refractivity contribution is -0.124. The molecule has 1 aliphatic heterocycles. The molecule has 2 N–H and O–H groups in total. The predicted octanol–water partition coefficient (Wildman–Crippen LogP) is 2.82. The highest BCUT2D eigenvalue weighted by Gasteiger charge is 2.71. The zero-order valence-corrected chi connectivity index (χ0v) is 15.9. The third kappa shape index (κ3) is 2.03. The number of carbonyl (C=O) groups is 2. The molecule has 5 aliphatic rings. The number of hydrogen-bond acceptors (Lipinski definition) is 3. The standard InChI is InChI=1S/C23H28N2O2/c24-21(27)15-4-5-16-9-22-12-23(19(16)8-15)10-17(26)6-7-18(23)20(22)25(13-22)11-14-2-1-3-14/h4-5,8,14,18,20H,1-3,6-7,9-13H2,(H2,24,27)/t18-,20-,22?,23?/m0/s1. The van der Waals surface area contributed by atoms with Gasteiger partial charge in [-0.05, 0) is 67.2 Å². The first-order chi connectivity index (χ1) is 13.0. The Morgan fingerprint density at radius 1 is 1.22 bits per heavy atom. The lowest BCUT2D eigenvalue weighted by Gasteiger charge is -2.58. The summed E-state index contributed by atoms with van der Waals surface area (Å²) in [7, 11) is 0. The van der Waals surface area contributed by atoms with Crippen LogP contribution in [0.5, 0.6) is 0 Å². The third-order valence-corrected chi connectivity index (χ3v) is 8.73. The van der Waals surface area contributed by atoms with E-state index in [2.05, 4.69) is 11.0 Å². The minimum atomic E-state index is -0.360. The Kier molecular flexibility index (Phi) is 3.15. The van der Waals surface area contributed by atoms with Gasteiger partial charge < -0.3 is 5.73 Å². The van der Waals surface area contributed by atoms with E-state index in [4.69, 9.17) is 5.73 Å². The molecule has 27 heavy (non-hydrogen) atoms. The van der Waals surface area contributed by atoms with Crippen LogP contribution in [0.25, 0.3) is 0 Å². The Hall–Kier alpha value is -1.68. The summed E-state index contributed by atoms with van der Waals surface area (Å²) in [6, 6.07) is 6.69. The third-order valence-electron chi connectivity index (χ3n) is 8.73. The number of primary amides is 1. The molecular formula is C23H28N2O2. The van der Waals surface area contributed by atoms with Gasteiger partial charge in [-0.1, -0.05) is 12.5 Å². The molecule has 0 aromatic heterocycles. The first kappa shape index (κ1) is 16.3. The number of Topliss-reactive ketones (excluding diaryl/α,β-unsaturated/α-hetero) is 1. The van der Waals surface area contributed by atoms with Crippen molar-refractivity contribution in [2.75, 3.05) is 13.1 Å². The summed E-state index contributed by atoms with van der Waals surface area (Å²) in [5.41, 5.74) is 9.15. The summed E-state index contributed by atoms with van der Waals surface area (Å²) in [6.45, 7) is 2.47.